The van der Waals surface area contributed by atoms with Gasteiger partial charge >= 0.3 is 0 Å². The van der Waals surface area contributed by atoms with Gasteiger partial charge in [-0.2, -0.15) is 9.40 Å². The number of rotatable bonds is 6. The Bertz CT molecular complexity index is 1070. The third-order valence-electron chi connectivity index (χ3n) is 4.60. The molecule has 1 amide bonds. The number of amides is 1. The molecule has 0 spiro atoms. The number of hydrogen-bond acceptors (Lipinski definition) is 5. The van der Waals surface area contributed by atoms with Crippen LogP contribution in [0.5, 0.6) is 0 Å². The highest BCUT2D eigenvalue weighted by atomic mass is 32.2. The van der Waals surface area contributed by atoms with Crippen LogP contribution < -0.4 is 5.32 Å². The van der Waals surface area contributed by atoms with Crippen molar-refractivity contribution >= 4 is 33.0 Å². The molecule has 0 unspecified atom stereocenters. The topological polar surface area (TPSA) is 84.3 Å². The number of anilines is 1. The summed E-state index contributed by atoms with van der Waals surface area (Å²) in [7, 11) is -3.64. The normalized spacial score (nSPS) is 15.0. The molecule has 0 saturated carbocycles. The summed E-state index contributed by atoms with van der Waals surface area (Å²) in [5, 5.41) is 8.65. The van der Waals surface area contributed by atoms with Crippen LogP contribution in [0.1, 0.15) is 28.1 Å². The summed E-state index contributed by atoms with van der Waals surface area (Å²) in [6, 6.07) is 11.4. The van der Waals surface area contributed by atoms with Gasteiger partial charge < -0.3 is 5.32 Å². The van der Waals surface area contributed by atoms with Gasteiger partial charge in [0.15, 0.2) is 0 Å². The molecular weight excluding hydrogens is 396 g/mol. The van der Waals surface area contributed by atoms with E-state index in [9.17, 15) is 13.2 Å². The first-order chi connectivity index (χ1) is 13.5. The van der Waals surface area contributed by atoms with Crippen LogP contribution in [0.25, 0.3) is 0 Å². The van der Waals surface area contributed by atoms with Crippen molar-refractivity contribution in [2.24, 2.45) is 0 Å². The number of nitrogens with one attached hydrogen (secondary N) is 1. The smallest absolute Gasteiger partial charge is 0.267 e. The van der Waals surface area contributed by atoms with Crippen LogP contribution in [0, 0.1) is 0 Å². The summed E-state index contributed by atoms with van der Waals surface area (Å²) in [6.07, 6.45) is 4.99. The van der Waals surface area contributed by atoms with Crippen LogP contribution in [-0.4, -0.2) is 41.5 Å². The fourth-order valence-electron chi connectivity index (χ4n) is 3.21. The maximum absolute atomic E-state index is 12.8. The Morgan fingerprint density at radius 3 is 2.64 bits per heavy atom. The Balaban J connectivity index is 1.49. The highest BCUT2D eigenvalue weighted by Gasteiger charge is 2.31. The zero-order valence-electron chi connectivity index (χ0n) is 15.1. The number of hydrogen-bond donors (Lipinski definition) is 1. The van der Waals surface area contributed by atoms with E-state index < -0.39 is 15.9 Å². The minimum Gasteiger partial charge on any atom is -0.319 e. The Labute approximate surface area is 167 Å². The fraction of sp³-hybridized carbons (Fsp3) is 0.263. The van der Waals surface area contributed by atoms with Gasteiger partial charge in [0.05, 0.1) is 18.4 Å². The van der Waals surface area contributed by atoms with Crippen LogP contribution in [0.4, 0.5) is 5.69 Å². The molecule has 4 rings (SSSR count). The number of carbonyl (C=O) groups excluding carboxylic acids is 1. The maximum Gasteiger partial charge on any atom is 0.267 e. The second-order valence-corrected chi connectivity index (χ2v) is 9.41. The van der Waals surface area contributed by atoms with E-state index in [0.717, 1.165) is 29.7 Å². The molecule has 7 nitrogen and oxygen atoms in total. The minimum atomic E-state index is -3.64. The van der Waals surface area contributed by atoms with Crippen molar-refractivity contribution in [1.29, 1.82) is 0 Å². The number of thiophene rings is 1. The summed E-state index contributed by atoms with van der Waals surface area (Å²) < 4.78 is 28.8. The predicted octanol–water partition coefficient (Wildman–Crippen LogP) is 3.03. The summed E-state index contributed by atoms with van der Waals surface area (Å²) in [6.45, 7) is 1.60. The van der Waals surface area contributed by atoms with E-state index >= 15 is 0 Å². The molecule has 0 aliphatic carbocycles. The molecule has 146 valence electrons. The van der Waals surface area contributed by atoms with E-state index in [1.54, 1.807) is 22.5 Å². The van der Waals surface area contributed by atoms with E-state index in [1.165, 1.54) is 10.4 Å². The third kappa shape index (κ3) is 3.87. The van der Waals surface area contributed by atoms with Crippen molar-refractivity contribution in [1.82, 2.24) is 14.1 Å². The second kappa shape index (κ2) is 7.86. The van der Waals surface area contributed by atoms with Crippen molar-refractivity contribution in [3.05, 3.63) is 64.6 Å². The minimum absolute atomic E-state index is 0.0774. The van der Waals surface area contributed by atoms with E-state index in [1.807, 2.05) is 30.3 Å². The molecule has 9 heteroatoms. The molecule has 28 heavy (non-hydrogen) atoms. The number of sulfonamides is 1. The number of benzene rings is 1. The third-order valence-corrected chi connectivity index (χ3v) is 7.58. The van der Waals surface area contributed by atoms with Crippen molar-refractivity contribution in [2.75, 3.05) is 18.4 Å². The number of nitrogens with zero attached hydrogens (tertiary/aromatic N) is 3. The van der Waals surface area contributed by atoms with Gasteiger partial charge in [-0.05, 0) is 29.9 Å². The molecule has 0 bridgehead atoms. The van der Waals surface area contributed by atoms with Crippen LogP contribution in [-0.2, 0) is 16.6 Å². The Morgan fingerprint density at radius 2 is 1.89 bits per heavy atom. The van der Waals surface area contributed by atoms with E-state index in [0.29, 0.717) is 25.3 Å². The molecule has 1 aliphatic heterocycles. The van der Waals surface area contributed by atoms with Gasteiger partial charge in [0.2, 0.25) is 10.0 Å². The molecule has 1 saturated heterocycles. The summed E-state index contributed by atoms with van der Waals surface area (Å²) in [4.78, 5) is 13.0. The zero-order valence-corrected chi connectivity index (χ0v) is 16.7. The molecule has 0 atom stereocenters. The van der Waals surface area contributed by atoms with Gasteiger partial charge in [0, 0.05) is 19.3 Å². The van der Waals surface area contributed by atoms with Gasteiger partial charge in [-0.1, -0.05) is 30.3 Å². The largest absolute Gasteiger partial charge is 0.319 e. The lowest BCUT2D eigenvalue weighted by Crippen LogP contribution is -2.29. The summed E-state index contributed by atoms with van der Waals surface area (Å²) >= 11 is 1.13. The van der Waals surface area contributed by atoms with Gasteiger partial charge in [0.1, 0.15) is 9.77 Å². The van der Waals surface area contributed by atoms with Crippen molar-refractivity contribution in [3.63, 3.8) is 0 Å². The zero-order chi connectivity index (χ0) is 19.6. The molecule has 1 fully saturated rings. The van der Waals surface area contributed by atoms with Crippen LogP contribution in [0.3, 0.4) is 0 Å². The van der Waals surface area contributed by atoms with Crippen molar-refractivity contribution < 1.29 is 13.2 Å². The number of aromatic nitrogens is 2. The average Bonchev–Trinajstić information content (AvgIpc) is 3.44. The lowest BCUT2D eigenvalue weighted by atomic mass is 10.2. The fourth-order valence-corrected chi connectivity index (χ4v) is 6.02. The Hall–Kier alpha value is -2.49. The molecule has 0 radical (unpaired) electrons. The van der Waals surface area contributed by atoms with Gasteiger partial charge in [-0.3, -0.25) is 9.48 Å². The predicted molar refractivity (Wildman–Crippen MR) is 108 cm³/mol. The van der Waals surface area contributed by atoms with E-state index in [2.05, 4.69) is 10.4 Å². The highest BCUT2D eigenvalue weighted by Crippen LogP contribution is 2.28. The maximum atomic E-state index is 12.8. The first kappa shape index (κ1) is 18.9. The SMILES string of the molecule is O=C(Nc1cnn(Cc2ccccc2)c1)c1sccc1S(=O)(=O)N1CCCC1. The monoisotopic (exact) mass is 416 g/mol. The lowest BCUT2D eigenvalue weighted by Gasteiger charge is -2.15. The number of carbonyl (C=O) groups is 1. The van der Waals surface area contributed by atoms with Crippen LogP contribution in [0.2, 0.25) is 0 Å². The van der Waals surface area contributed by atoms with Crippen molar-refractivity contribution in [2.45, 2.75) is 24.3 Å². The van der Waals surface area contributed by atoms with Gasteiger partial charge in [-0.15, -0.1) is 11.3 Å². The van der Waals surface area contributed by atoms with E-state index in [4.69, 9.17) is 0 Å². The first-order valence-corrected chi connectivity index (χ1v) is 11.3. The van der Waals surface area contributed by atoms with Crippen molar-refractivity contribution in [3.8, 4) is 0 Å². The quantitative estimate of drug-likeness (QED) is 0.669. The Kier molecular flexibility index (Phi) is 5.29. The van der Waals surface area contributed by atoms with Gasteiger partial charge in [0.25, 0.3) is 5.91 Å². The molecule has 1 aromatic carbocycles. The lowest BCUT2D eigenvalue weighted by molar-refractivity contribution is 0.102. The molecule has 3 aromatic rings. The molecular formula is C19H20N4O3S2. The van der Waals surface area contributed by atoms with Crippen LogP contribution >= 0.6 is 11.3 Å². The second-order valence-electron chi connectivity index (χ2n) is 6.59. The molecule has 2 aromatic heterocycles. The standard InChI is InChI=1S/C19H20N4O3S2/c24-19(18-17(8-11-27-18)28(25,26)23-9-4-5-10-23)21-16-12-20-22(14-16)13-15-6-2-1-3-7-15/h1-3,6-8,11-12,14H,4-5,9-10,13H2,(H,21,24). The average molecular weight is 417 g/mol. The molecule has 3 heterocycles. The summed E-state index contributed by atoms with van der Waals surface area (Å²) in [5.74, 6) is -0.438. The Morgan fingerprint density at radius 1 is 1.14 bits per heavy atom. The van der Waals surface area contributed by atoms with Gasteiger partial charge in [-0.25, -0.2) is 8.42 Å². The molecule has 1 aliphatic rings. The van der Waals surface area contributed by atoms with Crippen LogP contribution in [0.15, 0.2) is 59.1 Å². The molecule has 1 N–H and O–H groups in total. The highest BCUT2D eigenvalue weighted by molar-refractivity contribution is 7.89. The summed E-state index contributed by atoms with van der Waals surface area (Å²) in [5.41, 5.74) is 1.62. The first-order valence-electron chi connectivity index (χ1n) is 8.99. The van der Waals surface area contributed by atoms with E-state index in [-0.39, 0.29) is 9.77 Å².